The van der Waals surface area contributed by atoms with E-state index in [1.54, 1.807) is 25.8 Å². The van der Waals surface area contributed by atoms with Crippen molar-refractivity contribution in [1.82, 2.24) is 9.97 Å². The van der Waals surface area contributed by atoms with Crippen molar-refractivity contribution in [3.63, 3.8) is 0 Å². The second kappa shape index (κ2) is 6.91. The third-order valence-corrected chi connectivity index (χ3v) is 4.53. The molecule has 8 heteroatoms. The molecule has 23 heavy (non-hydrogen) atoms. The first-order chi connectivity index (χ1) is 10.8. The molecule has 0 amide bonds. The van der Waals surface area contributed by atoms with E-state index in [-0.39, 0.29) is 12.4 Å². The fraction of sp³-hybridized carbons (Fsp3) is 0.467. The number of aromatic nitrogens is 2. The van der Waals surface area contributed by atoms with Crippen LogP contribution in [0.1, 0.15) is 34.4 Å². The summed E-state index contributed by atoms with van der Waals surface area (Å²) in [5, 5.41) is 9.62. The Morgan fingerprint density at radius 2 is 2.00 bits per heavy atom. The molecule has 0 aliphatic rings. The van der Waals surface area contributed by atoms with E-state index in [1.807, 2.05) is 6.92 Å². The van der Waals surface area contributed by atoms with Crippen LogP contribution < -0.4 is 4.90 Å². The van der Waals surface area contributed by atoms with Gasteiger partial charge in [0.05, 0.1) is 18.4 Å². The Labute approximate surface area is 137 Å². The van der Waals surface area contributed by atoms with Crippen molar-refractivity contribution < 1.29 is 19.4 Å². The Hall–Kier alpha value is -2.22. The SMILES string of the molecule is CCOC(=O)c1sc2nc(C)nc(N(C)CCC(=O)O)c2c1C. The van der Waals surface area contributed by atoms with E-state index in [2.05, 4.69) is 9.97 Å². The summed E-state index contributed by atoms with van der Waals surface area (Å²) >= 11 is 1.27. The number of carbonyl (C=O) groups excluding carboxylic acids is 1. The molecule has 124 valence electrons. The van der Waals surface area contributed by atoms with Crippen LogP contribution in [0.5, 0.6) is 0 Å². The summed E-state index contributed by atoms with van der Waals surface area (Å²) in [4.78, 5) is 34.7. The van der Waals surface area contributed by atoms with Crippen molar-refractivity contribution in [3.8, 4) is 0 Å². The zero-order chi connectivity index (χ0) is 17.1. The van der Waals surface area contributed by atoms with Gasteiger partial charge in [0.1, 0.15) is 21.3 Å². The first kappa shape index (κ1) is 17.1. The number of ether oxygens (including phenoxy) is 1. The van der Waals surface area contributed by atoms with Crippen LogP contribution in [0.25, 0.3) is 10.2 Å². The minimum absolute atomic E-state index is 0.00889. The van der Waals surface area contributed by atoms with Gasteiger partial charge in [-0.25, -0.2) is 14.8 Å². The predicted octanol–water partition coefficient (Wildman–Crippen LogP) is 2.40. The molecule has 7 nitrogen and oxygen atoms in total. The largest absolute Gasteiger partial charge is 0.481 e. The van der Waals surface area contributed by atoms with Crippen LogP contribution in [0.15, 0.2) is 0 Å². The van der Waals surface area contributed by atoms with Gasteiger partial charge in [-0.05, 0) is 26.3 Å². The molecule has 0 bridgehead atoms. The summed E-state index contributed by atoms with van der Waals surface area (Å²) in [7, 11) is 1.78. The Bertz CT molecular complexity index is 757. The third kappa shape index (κ3) is 3.58. The summed E-state index contributed by atoms with van der Waals surface area (Å²) in [6.45, 7) is 5.99. The molecule has 2 aromatic heterocycles. The van der Waals surface area contributed by atoms with E-state index in [1.165, 1.54) is 11.3 Å². The highest BCUT2D eigenvalue weighted by atomic mass is 32.1. The maximum atomic E-state index is 12.1. The van der Waals surface area contributed by atoms with Crippen molar-refractivity contribution in [2.75, 3.05) is 25.1 Å². The van der Waals surface area contributed by atoms with Crippen LogP contribution >= 0.6 is 11.3 Å². The second-order valence-electron chi connectivity index (χ2n) is 5.12. The van der Waals surface area contributed by atoms with Gasteiger partial charge in [0.15, 0.2) is 0 Å². The maximum absolute atomic E-state index is 12.1. The van der Waals surface area contributed by atoms with Gasteiger partial charge in [0.2, 0.25) is 0 Å². The number of hydrogen-bond acceptors (Lipinski definition) is 7. The lowest BCUT2D eigenvalue weighted by Crippen LogP contribution is -2.22. The second-order valence-corrected chi connectivity index (χ2v) is 6.12. The lowest BCUT2D eigenvalue weighted by Gasteiger charge is -2.18. The number of nitrogens with zero attached hydrogens (tertiary/aromatic N) is 3. The number of esters is 1. The Kier molecular flexibility index (Phi) is 5.15. The smallest absolute Gasteiger partial charge is 0.348 e. The van der Waals surface area contributed by atoms with Gasteiger partial charge < -0.3 is 14.7 Å². The van der Waals surface area contributed by atoms with Crippen LogP contribution in [-0.2, 0) is 9.53 Å². The molecule has 0 fully saturated rings. The van der Waals surface area contributed by atoms with E-state index in [0.29, 0.717) is 34.5 Å². The standard InChI is InChI=1S/C15H19N3O4S/c1-5-22-15(21)12-8(2)11-13(18(4)7-6-10(19)20)16-9(3)17-14(11)23-12/h5-7H2,1-4H3,(H,19,20). The number of fused-ring (bicyclic) bond motifs is 1. The topological polar surface area (TPSA) is 92.6 Å². The van der Waals surface area contributed by atoms with Gasteiger partial charge in [-0.3, -0.25) is 4.79 Å². The molecular weight excluding hydrogens is 318 g/mol. The monoisotopic (exact) mass is 337 g/mol. The number of hydrogen-bond donors (Lipinski definition) is 1. The molecule has 2 aromatic rings. The lowest BCUT2D eigenvalue weighted by molar-refractivity contribution is -0.136. The predicted molar refractivity (Wildman–Crippen MR) is 88.4 cm³/mol. The van der Waals surface area contributed by atoms with Gasteiger partial charge in [-0.15, -0.1) is 11.3 Å². The maximum Gasteiger partial charge on any atom is 0.348 e. The Morgan fingerprint density at radius 3 is 2.61 bits per heavy atom. The number of anilines is 1. The molecule has 0 aliphatic carbocycles. The highest BCUT2D eigenvalue weighted by molar-refractivity contribution is 7.20. The molecule has 0 aromatic carbocycles. The first-order valence-corrected chi connectivity index (χ1v) is 8.04. The summed E-state index contributed by atoms with van der Waals surface area (Å²) in [5.41, 5.74) is 0.764. The fourth-order valence-electron chi connectivity index (χ4n) is 2.26. The molecule has 0 radical (unpaired) electrons. The van der Waals surface area contributed by atoms with Crippen LogP contribution in [0, 0.1) is 13.8 Å². The number of aryl methyl sites for hydroxylation is 2. The molecule has 0 saturated heterocycles. The van der Waals surface area contributed by atoms with Gasteiger partial charge in [-0.2, -0.15) is 0 Å². The molecule has 0 spiro atoms. The zero-order valence-corrected chi connectivity index (χ0v) is 14.4. The molecule has 2 rings (SSSR count). The number of carboxylic acids is 1. The van der Waals surface area contributed by atoms with Crippen LogP contribution in [0.4, 0.5) is 5.82 Å². The molecular formula is C15H19N3O4S. The number of rotatable bonds is 6. The highest BCUT2D eigenvalue weighted by Gasteiger charge is 2.22. The molecule has 0 saturated carbocycles. The molecule has 1 N–H and O–H groups in total. The average molecular weight is 337 g/mol. The molecule has 0 atom stereocenters. The Balaban J connectivity index is 2.52. The normalized spacial score (nSPS) is 10.8. The molecule has 0 unspecified atom stereocenters. The highest BCUT2D eigenvalue weighted by Crippen LogP contribution is 2.35. The van der Waals surface area contributed by atoms with E-state index in [9.17, 15) is 9.59 Å². The minimum Gasteiger partial charge on any atom is -0.481 e. The lowest BCUT2D eigenvalue weighted by atomic mass is 10.2. The van der Waals surface area contributed by atoms with Gasteiger partial charge >= 0.3 is 11.9 Å². The van der Waals surface area contributed by atoms with Crippen LogP contribution in [-0.4, -0.2) is 47.2 Å². The number of carboxylic acid groups (broad SMARTS) is 1. The van der Waals surface area contributed by atoms with Crippen molar-refractivity contribution in [1.29, 1.82) is 0 Å². The molecule has 2 heterocycles. The van der Waals surface area contributed by atoms with Gasteiger partial charge in [-0.1, -0.05) is 0 Å². The molecule has 0 aliphatic heterocycles. The van der Waals surface area contributed by atoms with Gasteiger partial charge in [0.25, 0.3) is 0 Å². The van der Waals surface area contributed by atoms with E-state index in [4.69, 9.17) is 9.84 Å². The fourth-order valence-corrected chi connectivity index (χ4v) is 3.37. The van der Waals surface area contributed by atoms with Crippen LogP contribution in [0.2, 0.25) is 0 Å². The quantitative estimate of drug-likeness (QED) is 0.809. The first-order valence-electron chi connectivity index (χ1n) is 7.23. The summed E-state index contributed by atoms with van der Waals surface area (Å²) < 4.78 is 5.08. The summed E-state index contributed by atoms with van der Waals surface area (Å²) in [6, 6.07) is 0. The number of thiophene rings is 1. The summed E-state index contributed by atoms with van der Waals surface area (Å²) in [5.74, 6) is -0.0256. The zero-order valence-electron chi connectivity index (χ0n) is 13.5. The van der Waals surface area contributed by atoms with Crippen molar-refractivity contribution >= 4 is 39.3 Å². The average Bonchev–Trinajstić information content (AvgIpc) is 2.81. The number of aliphatic carboxylic acids is 1. The number of carbonyl (C=O) groups is 2. The Morgan fingerprint density at radius 1 is 1.30 bits per heavy atom. The van der Waals surface area contributed by atoms with Crippen molar-refractivity contribution in [2.45, 2.75) is 27.2 Å². The van der Waals surface area contributed by atoms with Crippen molar-refractivity contribution in [3.05, 3.63) is 16.3 Å². The summed E-state index contributed by atoms with van der Waals surface area (Å²) in [6.07, 6.45) is 0.00889. The third-order valence-electron chi connectivity index (χ3n) is 3.37. The van der Waals surface area contributed by atoms with Crippen LogP contribution in [0.3, 0.4) is 0 Å². The van der Waals surface area contributed by atoms with E-state index in [0.717, 1.165) is 10.9 Å². The minimum atomic E-state index is -0.867. The van der Waals surface area contributed by atoms with E-state index < -0.39 is 5.97 Å². The van der Waals surface area contributed by atoms with Gasteiger partial charge in [0, 0.05) is 13.6 Å². The van der Waals surface area contributed by atoms with Crippen molar-refractivity contribution in [2.24, 2.45) is 0 Å². The van der Waals surface area contributed by atoms with E-state index >= 15 is 0 Å².